The van der Waals surface area contributed by atoms with E-state index in [0.29, 0.717) is 17.2 Å². The SMILES string of the molecule is Cc1nn(CC(=O)NC(C)CCCC(C)C)c(=O)c(C#N)c1C. The molecule has 0 bridgehead atoms. The number of hydrogen-bond acceptors (Lipinski definition) is 4. The normalized spacial score (nSPS) is 12.0. The van der Waals surface area contributed by atoms with Crippen molar-refractivity contribution in [3.05, 3.63) is 27.2 Å². The zero-order chi connectivity index (χ0) is 17.6. The van der Waals surface area contributed by atoms with Crippen molar-refractivity contribution in [2.45, 2.75) is 66.5 Å². The first kappa shape index (κ1) is 18.9. The standard InChI is InChI=1S/C17H26N4O2/c1-11(2)7-6-8-12(3)19-16(22)10-21-17(23)15(9-18)13(4)14(5)20-21/h11-12H,6-8,10H2,1-5H3,(H,19,22). The molecule has 0 aliphatic rings. The van der Waals surface area contributed by atoms with Gasteiger partial charge in [0.25, 0.3) is 5.56 Å². The molecule has 6 nitrogen and oxygen atoms in total. The molecule has 0 aliphatic heterocycles. The Morgan fingerprint density at radius 2 is 1.96 bits per heavy atom. The highest BCUT2D eigenvalue weighted by Crippen LogP contribution is 2.08. The fraction of sp³-hybridized carbons (Fsp3) is 0.647. The minimum Gasteiger partial charge on any atom is -0.352 e. The molecule has 23 heavy (non-hydrogen) atoms. The Bertz CT molecular complexity index is 656. The van der Waals surface area contributed by atoms with Gasteiger partial charge in [-0.25, -0.2) is 4.68 Å². The number of amides is 1. The molecule has 1 heterocycles. The zero-order valence-corrected chi connectivity index (χ0v) is 14.6. The first-order valence-corrected chi connectivity index (χ1v) is 8.04. The van der Waals surface area contributed by atoms with Crippen molar-refractivity contribution >= 4 is 5.91 Å². The number of nitriles is 1. The van der Waals surface area contributed by atoms with Crippen molar-refractivity contribution in [2.75, 3.05) is 0 Å². The lowest BCUT2D eigenvalue weighted by molar-refractivity contribution is -0.122. The third kappa shape index (κ3) is 5.51. The van der Waals surface area contributed by atoms with Crippen molar-refractivity contribution < 1.29 is 4.79 Å². The number of aromatic nitrogens is 2. The van der Waals surface area contributed by atoms with Crippen LogP contribution in [0.4, 0.5) is 0 Å². The molecule has 1 unspecified atom stereocenters. The average molecular weight is 318 g/mol. The van der Waals surface area contributed by atoms with Gasteiger partial charge in [-0.1, -0.05) is 26.7 Å². The summed E-state index contributed by atoms with van der Waals surface area (Å²) in [6.45, 7) is 9.54. The molecule has 1 aromatic heterocycles. The predicted octanol–water partition coefficient (Wildman–Crippen LogP) is 2.06. The number of hydrogen-bond donors (Lipinski definition) is 1. The molecule has 1 aromatic rings. The summed E-state index contributed by atoms with van der Waals surface area (Å²) in [7, 11) is 0. The average Bonchev–Trinajstić information content (AvgIpc) is 2.44. The van der Waals surface area contributed by atoms with Crippen LogP contribution >= 0.6 is 0 Å². The topological polar surface area (TPSA) is 87.8 Å². The van der Waals surface area contributed by atoms with Gasteiger partial charge >= 0.3 is 0 Å². The van der Waals surface area contributed by atoms with Gasteiger partial charge in [-0.2, -0.15) is 10.4 Å². The Kier molecular flexibility index (Phi) is 6.95. The fourth-order valence-electron chi connectivity index (χ4n) is 2.37. The maximum absolute atomic E-state index is 12.1. The van der Waals surface area contributed by atoms with Gasteiger partial charge in [0, 0.05) is 6.04 Å². The van der Waals surface area contributed by atoms with Crippen molar-refractivity contribution in [1.82, 2.24) is 15.1 Å². The van der Waals surface area contributed by atoms with Crippen LogP contribution in [-0.2, 0) is 11.3 Å². The monoisotopic (exact) mass is 318 g/mol. The van der Waals surface area contributed by atoms with Crippen molar-refractivity contribution in [1.29, 1.82) is 5.26 Å². The molecule has 1 N–H and O–H groups in total. The summed E-state index contributed by atoms with van der Waals surface area (Å²) in [5.74, 6) is 0.393. The molecule has 0 radical (unpaired) electrons. The van der Waals surface area contributed by atoms with Gasteiger partial charge in [0.15, 0.2) is 0 Å². The Hall–Kier alpha value is -2.16. The van der Waals surface area contributed by atoms with Crippen LogP contribution in [0.2, 0.25) is 0 Å². The summed E-state index contributed by atoms with van der Waals surface area (Å²) in [4.78, 5) is 24.2. The summed E-state index contributed by atoms with van der Waals surface area (Å²) in [5, 5.41) is 16.1. The van der Waals surface area contributed by atoms with Gasteiger partial charge in [-0.05, 0) is 38.7 Å². The first-order valence-electron chi connectivity index (χ1n) is 8.04. The number of carbonyl (C=O) groups is 1. The van der Waals surface area contributed by atoms with E-state index in [1.54, 1.807) is 13.8 Å². The Labute approximate surface area is 137 Å². The van der Waals surface area contributed by atoms with Gasteiger partial charge < -0.3 is 5.32 Å². The van der Waals surface area contributed by atoms with Crippen molar-refractivity contribution in [3.63, 3.8) is 0 Å². The van der Waals surface area contributed by atoms with Crippen LogP contribution in [-0.4, -0.2) is 21.7 Å². The third-order valence-electron chi connectivity index (χ3n) is 3.87. The molecule has 0 spiro atoms. The van der Waals surface area contributed by atoms with Crippen LogP contribution < -0.4 is 10.9 Å². The smallest absolute Gasteiger partial charge is 0.285 e. The van der Waals surface area contributed by atoms with Crippen LogP contribution in [0.5, 0.6) is 0 Å². The number of carbonyl (C=O) groups excluding carboxylic acids is 1. The Morgan fingerprint density at radius 3 is 2.52 bits per heavy atom. The molecule has 1 amide bonds. The molecule has 1 rings (SSSR count). The molecule has 1 atom stereocenters. The second-order valence-electron chi connectivity index (χ2n) is 6.45. The molecule has 0 saturated heterocycles. The van der Waals surface area contributed by atoms with E-state index in [2.05, 4.69) is 24.3 Å². The molecular weight excluding hydrogens is 292 g/mol. The molecular formula is C17H26N4O2. The largest absolute Gasteiger partial charge is 0.352 e. The minimum atomic E-state index is -0.516. The van der Waals surface area contributed by atoms with Crippen LogP contribution in [0.3, 0.4) is 0 Å². The summed E-state index contributed by atoms with van der Waals surface area (Å²) in [6, 6.07) is 1.95. The summed E-state index contributed by atoms with van der Waals surface area (Å²) in [6.07, 6.45) is 3.09. The maximum atomic E-state index is 12.1. The molecule has 126 valence electrons. The minimum absolute atomic E-state index is 0.0512. The predicted molar refractivity (Wildman–Crippen MR) is 89.0 cm³/mol. The molecule has 0 aromatic carbocycles. The van der Waals surface area contributed by atoms with Gasteiger partial charge in [0.05, 0.1) is 5.69 Å². The lowest BCUT2D eigenvalue weighted by Gasteiger charge is -2.15. The maximum Gasteiger partial charge on any atom is 0.285 e. The Morgan fingerprint density at radius 1 is 1.30 bits per heavy atom. The van der Waals surface area contributed by atoms with Gasteiger partial charge in [-0.3, -0.25) is 9.59 Å². The van der Waals surface area contributed by atoms with Crippen LogP contribution in [0.1, 0.15) is 56.9 Å². The third-order valence-corrected chi connectivity index (χ3v) is 3.87. The van der Waals surface area contributed by atoms with E-state index < -0.39 is 5.56 Å². The number of nitrogens with one attached hydrogen (secondary N) is 1. The highest BCUT2D eigenvalue weighted by molar-refractivity contribution is 5.75. The van der Waals surface area contributed by atoms with E-state index in [0.717, 1.165) is 23.9 Å². The number of rotatable bonds is 7. The van der Waals surface area contributed by atoms with Gasteiger partial charge in [0.2, 0.25) is 5.91 Å². The summed E-state index contributed by atoms with van der Waals surface area (Å²) < 4.78 is 1.07. The lowest BCUT2D eigenvalue weighted by Crippen LogP contribution is -2.39. The summed E-state index contributed by atoms with van der Waals surface area (Å²) >= 11 is 0. The van der Waals surface area contributed by atoms with Crippen LogP contribution in [0, 0.1) is 31.1 Å². The van der Waals surface area contributed by atoms with Crippen molar-refractivity contribution in [3.8, 4) is 6.07 Å². The van der Waals surface area contributed by atoms with Crippen LogP contribution in [0.15, 0.2) is 4.79 Å². The van der Waals surface area contributed by atoms with E-state index in [1.807, 2.05) is 13.0 Å². The number of aryl methyl sites for hydroxylation is 1. The lowest BCUT2D eigenvalue weighted by atomic mass is 10.0. The van der Waals surface area contributed by atoms with E-state index in [9.17, 15) is 9.59 Å². The van der Waals surface area contributed by atoms with E-state index >= 15 is 0 Å². The summed E-state index contributed by atoms with van der Waals surface area (Å²) in [5.41, 5.74) is 0.684. The zero-order valence-electron chi connectivity index (χ0n) is 14.6. The quantitative estimate of drug-likeness (QED) is 0.833. The molecule has 0 aliphatic carbocycles. The van der Waals surface area contributed by atoms with Crippen LogP contribution in [0.25, 0.3) is 0 Å². The molecule has 0 fully saturated rings. The molecule has 6 heteroatoms. The van der Waals surface area contributed by atoms with Gasteiger partial charge in [0.1, 0.15) is 18.2 Å². The van der Waals surface area contributed by atoms with E-state index in [-0.39, 0.29) is 24.1 Å². The number of nitrogens with zero attached hydrogens (tertiary/aromatic N) is 3. The highest BCUT2D eigenvalue weighted by Gasteiger charge is 2.15. The second-order valence-corrected chi connectivity index (χ2v) is 6.45. The van der Waals surface area contributed by atoms with E-state index in [1.165, 1.54) is 0 Å². The fourth-order valence-corrected chi connectivity index (χ4v) is 2.37. The van der Waals surface area contributed by atoms with E-state index in [4.69, 9.17) is 5.26 Å². The Balaban J connectivity index is 2.70. The second kappa shape index (κ2) is 8.47. The first-order chi connectivity index (χ1) is 10.8. The van der Waals surface area contributed by atoms with Gasteiger partial charge in [-0.15, -0.1) is 0 Å². The highest BCUT2D eigenvalue weighted by atomic mass is 16.2. The van der Waals surface area contributed by atoms with Crippen molar-refractivity contribution in [2.24, 2.45) is 5.92 Å². The molecule has 0 saturated carbocycles.